The molecule has 0 fully saturated rings. The highest BCUT2D eigenvalue weighted by Crippen LogP contribution is 2.12. The topological polar surface area (TPSA) is 92.3 Å². The van der Waals surface area contributed by atoms with Crippen LogP contribution in [0.5, 0.6) is 5.75 Å². The molecule has 0 saturated carbocycles. The Morgan fingerprint density at radius 3 is 2.29 bits per heavy atom. The van der Waals surface area contributed by atoms with Crippen LogP contribution in [0.15, 0.2) is 29.3 Å². The molecule has 0 aliphatic heterocycles. The number of hydrogen-bond donors (Lipinski definition) is 2. The molecule has 156 valence electrons. The lowest BCUT2D eigenvalue weighted by molar-refractivity contribution is -0.154. The minimum atomic E-state index is -0.515. The summed E-state index contributed by atoms with van der Waals surface area (Å²) in [5.41, 5.74) is 0.478. The Morgan fingerprint density at radius 1 is 1.11 bits per heavy atom. The Hall–Kier alpha value is -2.77. The summed E-state index contributed by atoms with van der Waals surface area (Å²) in [5, 5.41) is 6.05. The number of ether oxygens (including phenoxy) is 2. The maximum absolute atomic E-state index is 11.8. The summed E-state index contributed by atoms with van der Waals surface area (Å²) in [4.78, 5) is 29.6. The molecular weight excluding hydrogens is 360 g/mol. The molecule has 1 aromatic rings. The average molecular weight is 393 g/mol. The molecule has 1 rings (SSSR count). The molecule has 0 unspecified atom stereocenters. The molecule has 0 spiro atoms. The summed E-state index contributed by atoms with van der Waals surface area (Å²) in [7, 11) is 4.99. The molecular formula is C20H32N4O4. The number of likely N-dealkylation sites (N-methyl/N-ethyl adjacent to an activating group) is 1. The molecule has 0 radical (unpaired) electrons. The number of methoxy groups -OCH3 is 1. The van der Waals surface area contributed by atoms with E-state index in [2.05, 4.69) is 15.6 Å². The van der Waals surface area contributed by atoms with Gasteiger partial charge in [0.05, 0.1) is 26.6 Å². The van der Waals surface area contributed by atoms with Crippen LogP contribution < -0.4 is 15.4 Å². The summed E-state index contributed by atoms with van der Waals surface area (Å²) in [5.74, 6) is 0.859. The van der Waals surface area contributed by atoms with Crippen molar-refractivity contribution in [3.63, 3.8) is 0 Å². The number of nitrogens with zero attached hydrogens (tertiary/aromatic N) is 2. The highest BCUT2D eigenvalue weighted by Gasteiger charge is 2.16. The van der Waals surface area contributed by atoms with Crippen molar-refractivity contribution in [1.29, 1.82) is 0 Å². The molecule has 1 amide bonds. The van der Waals surface area contributed by atoms with Crippen molar-refractivity contribution in [2.24, 2.45) is 4.99 Å². The van der Waals surface area contributed by atoms with Crippen LogP contribution in [-0.2, 0) is 20.9 Å². The Morgan fingerprint density at radius 2 is 1.75 bits per heavy atom. The monoisotopic (exact) mass is 392 g/mol. The first-order valence-corrected chi connectivity index (χ1v) is 9.18. The first-order valence-electron chi connectivity index (χ1n) is 9.18. The van der Waals surface area contributed by atoms with E-state index in [4.69, 9.17) is 9.47 Å². The number of nitrogens with one attached hydrogen (secondary N) is 2. The third-order valence-corrected chi connectivity index (χ3v) is 3.53. The van der Waals surface area contributed by atoms with E-state index in [0.29, 0.717) is 19.0 Å². The number of esters is 1. The summed E-state index contributed by atoms with van der Waals surface area (Å²) in [6.45, 7) is 6.35. The first kappa shape index (κ1) is 23.3. The van der Waals surface area contributed by atoms with E-state index in [1.165, 1.54) is 4.90 Å². The van der Waals surface area contributed by atoms with Crippen LogP contribution in [0.2, 0.25) is 0 Å². The van der Waals surface area contributed by atoms with E-state index < -0.39 is 5.60 Å². The van der Waals surface area contributed by atoms with Gasteiger partial charge in [0.1, 0.15) is 11.4 Å². The van der Waals surface area contributed by atoms with Crippen LogP contribution in [0, 0.1) is 0 Å². The molecule has 28 heavy (non-hydrogen) atoms. The second kappa shape index (κ2) is 11.2. The highest BCUT2D eigenvalue weighted by atomic mass is 16.6. The predicted molar refractivity (Wildman–Crippen MR) is 109 cm³/mol. The van der Waals surface area contributed by atoms with Gasteiger partial charge in [0.2, 0.25) is 5.91 Å². The van der Waals surface area contributed by atoms with Gasteiger partial charge >= 0.3 is 5.97 Å². The molecule has 8 nitrogen and oxygen atoms in total. The number of guanidine groups is 1. The number of aliphatic imine (C=N–C) groups is 1. The molecule has 0 atom stereocenters. The van der Waals surface area contributed by atoms with Crippen LogP contribution in [-0.4, -0.2) is 62.6 Å². The number of carbonyl (C=O) groups is 2. The van der Waals surface area contributed by atoms with Gasteiger partial charge < -0.3 is 25.0 Å². The summed E-state index contributed by atoms with van der Waals surface area (Å²) in [6, 6.07) is 7.57. The zero-order chi connectivity index (χ0) is 21.2. The van der Waals surface area contributed by atoms with Crippen molar-refractivity contribution in [2.75, 3.05) is 34.3 Å². The number of carbonyl (C=O) groups excluding carboxylic acids is 2. The maximum atomic E-state index is 11.8. The van der Waals surface area contributed by atoms with Gasteiger partial charge in [-0.1, -0.05) is 12.1 Å². The number of benzene rings is 1. The SMILES string of the molecule is COc1ccc(CN=C(NCCC(=O)OC(C)(C)C)NCC(=O)N(C)C)cc1. The van der Waals surface area contributed by atoms with Gasteiger partial charge in [-0.25, -0.2) is 4.99 Å². The Kier molecular flexibility index (Phi) is 9.27. The number of hydrogen-bond acceptors (Lipinski definition) is 5. The van der Waals surface area contributed by atoms with E-state index in [-0.39, 0.29) is 24.8 Å². The molecule has 0 aromatic heterocycles. The lowest BCUT2D eigenvalue weighted by Gasteiger charge is -2.20. The van der Waals surface area contributed by atoms with Crippen molar-refractivity contribution in [1.82, 2.24) is 15.5 Å². The smallest absolute Gasteiger partial charge is 0.308 e. The minimum Gasteiger partial charge on any atom is -0.497 e. The van der Waals surface area contributed by atoms with Gasteiger partial charge in [0, 0.05) is 20.6 Å². The molecule has 0 aliphatic carbocycles. The predicted octanol–water partition coefficient (Wildman–Crippen LogP) is 1.55. The summed E-state index contributed by atoms with van der Waals surface area (Å²) >= 11 is 0. The normalized spacial score (nSPS) is 11.6. The van der Waals surface area contributed by atoms with Crippen molar-refractivity contribution < 1.29 is 19.1 Å². The van der Waals surface area contributed by atoms with Gasteiger partial charge in [-0.15, -0.1) is 0 Å². The molecule has 0 bridgehead atoms. The average Bonchev–Trinajstić information content (AvgIpc) is 2.62. The van der Waals surface area contributed by atoms with Crippen molar-refractivity contribution in [3.8, 4) is 5.75 Å². The third kappa shape index (κ3) is 9.80. The molecule has 2 N–H and O–H groups in total. The fraction of sp³-hybridized carbons (Fsp3) is 0.550. The lowest BCUT2D eigenvalue weighted by Crippen LogP contribution is -2.43. The second-order valence-electron chi connectivity index (χ2n) is 7.42. The van der Waals surface area contributed by atoms with Crippen molar-refractivity contribution >= 4 is 17.8 Å². The molecule has 0 saturated heterocycles. The zero-order valence-electron chi connectivity index (χ0n) is 17.7. The van der Waals surface area contributed by atoms with Crippen LogP contribution in [0.25, 0.3) is 0 Å². The fourth-order valence-electron chi connectivity index (χ4n) is 2.07. The molecule has 8 heteroatoms. The van der Waals surface area contributed by atoms with Gasteiger partial charge in [-0.05, 0) is 38.5 Å². The Balaban J connectivity index is 2.66. The van der Waals surface area contributed by atoms with E-state index in [9.17, 15) is 9.59 Å². The Bertz CT molecular complexity index is 664. The first-order chi connectivity index (χ1) is 13.1. The summed E-state index contributed by atoms with van der Waals surface area (Å²) in [6.07, 6.45) is 0.197. The quantitative estimate of drug-likeness (QED) is 0.396. The van der Waals surface area contributed by atoms with Gasteiger partial charge in [-0.2, -0.15) is 0 Å². The van der Waals surface area contributed by atoms with Gasteiger partial charge in [0.15, 0.2) is 5.96 Å². The minimum absolute atomic E-state index is 0.0777. The van der Waals surface area contributed by atoms with Gasteiger partial charge in [-0.3, -0.25) is 9.59 Å². The molecule has 0 heterocycles. The number of amides is 1. The van der Waals surface area contributed by atoms with Crippen LogP contribution >= 0.6 is 0 Å². The second-order valence-corrected chi connectivity index (χ2v) is 7.42. The lowest BCUT2D eigenvalue weighted by atomic mass is 10.2. The van der Waals surface area contributed by atoms with E-state index in [1.54, 1.807) is 21.2 Å². The van der Waals surface area contributed by atoms with Crippen LogP contribution in [0.3, 0.4) is 0 Å². The number of rotatable bonds is 8. The van der Waals surface area contributed by atoms with E-state index in [1.807, 2.05) is 45.0 Å². The van der Waals surface area contributed by atoms with Crippen molar-refractivity contribution in [2.45, 2.75) is 39.3 Å². The fourth-order valence-corrected chi connectivity index (χ4v) is 2.07. The molecule has 1 aromatic carbocycles. The van der Waals surface area contributed by atoms with E-state index >= 15 is 0 Å². The largest absolute Gasteiger partial charge is 0.497 e. The molecule has 0 aliphatic rings. The maximum Gasteiger partial charge on any atom is 0.308 e. The van der Waals surface area contributed by atoms with E-state index in [0.717, 1.165) is 11.3 Å². The Labute approximate surface area is 167 Å². The third-order valence-electron chi connectivity index (χ3n) is 3.53. The van der Waals surface area contributed by atoms with Crippen LogP contribution in [0.4, 0.5) is 0 Å². The zero-order valence-corrected chi connectivity index (χ0v) is 17.7. The van der Waals surface area contributed by atoms with Gasteiger partial charge in [0.25, 0.3) is 0 Å². The van der Waals surface area contributed by atoms with Crippen molar-refractivity contribution in [3.05, 3.63) is 29.8 Å². The summed E-state index contributed by atoms with van der Waals surface area (Å²) < 4.78 is 10.4. The van der Waals surface area contributed by atoms with Crippen LogP contribution in [0.1, 0.15) is 32.8 Å². The standard InChI is InChI=1S/C20H32N4O4/c1-20(2,3)28-18(26)11-12-21-19(23-14-17(25)24(4)5)22-13-15-7-9-16(27-6)10-8-15/h7-10H,11-14H2,1-6H3,(H2,21,22,23). The highest BCUT2D eigenvalue weighted by molar-refractivity contribution is 5.86.